The van der Waals surface area contributed by atoms with Gasteiger partial charge in [0.1, 0.15) is 11.5 Å². The summed E-state index contributed by atoms with van der Waals surface area (Å²) in [6, 6.07) is 9.99. The number of nitrogens with zero attached hydrogens (tertiary/aromatic N) is 3. The van der Waals surface area contributed by atoms with Gasteiger partial charge in [0.25, 0.3) is 11.7 Å². The quantitative estimate of drug-likeness (QED) is 0.265. The van der Waals surface area contributed by atoms with Gasteiger partial charge in [-0.25, -0.2) is 0 Å². The van der Waals surface area contributed by atoms with E-state index in [0.717, 1.165) is 24.9 Å². The highest BCUT2D eigenvalue weighted by atomic mass is 16.5. The molecule has 1 atom stereocenters. The monoisotopic (exact) mass is 437 g/mol. The minimum atomic E-state index is -0.681. The summed E-state index contributed by atoms with van der Waals surface area (Å²) in [6.07, 6.45) is 5.75. The lowest BCUT2D eigenvalue weighted by molar-refractivity contribution is -0.139. The standard InChI is InChI=1S/C25H31N3O4/c1-4-5-16-32-20-9-6-8-19(17-20)22-21(23(29)18-10-12-26-13-11-18)24(30)25(31)28(22)15-7-14-27(2)3/h6,8-13,17,22,29H,4-5,7,14-16H2,1-3H3/b23-21+. The van der Waals surface area contributed by atoms with Crippen LogP contribution in [0.5, 0.6) is 5.75 Å². The van der Waals surface area contributed by atoms with Gasteiger partial charge in [-0.2, -0.15) is 0 Å². The van der Waals surface area contributed by atoms with Gasteiger partial charge >= 0.3 is 0 Å². The van der Waals surface area contributed by atoms with Crippen molar-refractivity contribution in [1.29, 1.82) is 0 Å². The number of carbonyl (C=O) groups excluding carboxylic acids is 2. The largest absolute Gasteiger partial charge is 0.507 e. The van der Waals surface area contributed by atoms with Gasteiger partial charge < -0.3 is 19.6 Å². The molecule has 1 aromatic carbocycles. The Morgan fingerprint density at radius 1 is 1.16 bits per heavy atom. The third-order valence-corrected chi connectivity index (χ3v) is 5.44. The van der Waals surface area contributed by atoms with Crippen LogP contribution in [0.2, 0.25) is 0 Å². The molecule has 0 saturated carbocycles. The molecule has 170 valence electrons. The molecule has 3 rings (SSSR count). The van der Waals surface area contributed by atoms with Crippen LogP contribution in [-0.4, -0.2) is 65.4 Å². The summed E-state index contributed by atoms with van der Waals surface area (Å²) in [7, 11) is 3.93. The molecule has 2 aromatic rings. The first-order valence-corrected chi connectivity index (χ1v) is 11.0. The van der Waals surface area contributed by atoms with Crippen molar-refractivity contribution < 1.29 is 19.4 Å². The number of ether oxygens (including phenoxy) is 1. The minimum Gasteiger partial charge on any atom is -0.507 e. The van der Waals surface area contributed by atoms with E-state index in [1.54, 1.807) is 29.4 Å². The van der Waals surface area contributed by atoms with E-state index in [-0.39, 0.29) is 11.3 Å². The number of benzene rings is 1. The van der Waals surface area contributed by atoms with E-state index in [4.69, 9.17) is 4.74 Å². The van der Waals surface area contributed by atoms with Crippen molar-refractivity contribution in [3.8, 4) is 5.75 Å². The first-order chi connectivity index (χ1) is 15.4. The third kappa shape index (κ3) is 5.34. The van der Waals surface area contributed by atoms with Crippen molar-refractivity contribution in [3.63, 3.8) is 0 Å². The van der Waals surface area contributed by atoms with E-state index in [1.807, 2.05) is 43.3 Å². The van der Waals surface area contributed by atoms with E-state index >= 15 is 0 Å². The predicted octanol–water partition coefficient (Wildman–Crippen LogP) is 3.63. The summed E-state index contributed by atoms with van der Waals surface area (Å²) < 4.78 is 5.85. The van der Waals surface area contributed by atoms with Gasteiger partial charge in [0.2, 0.25) is 0 Å². The second-order valence-corrected chi connectivity index (χ2v) is 8.16. The number of likely N-dealkylation sites (tertiary alicyclic amines) is 1. The van der Waals surface area contributed by atoms with Crippen LogP contribution in [0.1, 0.15) is 43.4 Å². The van der Waals surface area contributed by atoms with Crippen LogP contribution in [-0.2, 0) is 9.59 Å². The summed E-state index contributed by atoms with van der Waals surface area (Å²) in [4.78, 5) is 33.6. The zero-order valence-electron chi connectivity index (χ0n) is 19.0. The zero-order valence-corrected chi connectivity index (χ0v) is 19.0. The number of Topliss-reactive ketones (excluding diaryl/α,β-unsaturated/α-hetero) is 1. The van der Waals surface area contributed by atoms with Crippen molar-refractivity contribution in [2.45, 2.75) is 32.2 Å². The van der Waals surface area contributed by atoms with Crippen molar-refractivity contribution in [2.75, 3.05) is 33.8 Å². The predicted molar refractivity (Wildman–Crippen MR) is 123 cm³/mol. The number of ketones is 1. The molecule has 1 fully saturated rings. The molecule has 0 radical (unpaired) electrons. The normalized spacial score (nSPS) is 17.9. The molecule has 1 saturated heterocycles. The van der Waals surface area contributed by atoms with Crippen LogP contribution < -0.4 is 4.74 Å². The molecule has 1 aromatic heterocycles. The average Bonchev–Trinajstić information content (AvgIpc) is 3.04. The molecule has 7 nitrogen and oxygen atoms in total. The Morgan fingerprint density at radius 3 is 2.59 bits per heavy atom. The number of hydrogen-bond acceptors (Lipinski definition) is 6. The fourth-order valence-electron chi connectivity index (χ4n) is 3.79. The van der Waals surface area contributed by atoms with Crippen molar-refractivity contribution in [1.82, 2.24) is 14.8 Å². The zero-order chi connectivity index (χ0) is 23.1. The maximum atomic E-state index is 13.0. The Morgan fingerprint density at radius 2 is 1.91 bits per heavy atom. The van der Waals surface area contributed by atoms with Crippen LogP contribution in [0.3, 0.4) is 0 Å². The van der Waals surface area contributed by atoms with Crippen molar-refractivity contribution >= 4 is 17.4 Å². The number of amides is 1. The van der Waals surface area contributed by atoms with Crippen LogP contribution in [0.15, 0.2) is 54.4 Å². The van der Waals surface area contributed by atoms with Crippen molar-refractivity contribution in [3.05, 3.63) is 65.5 Å². The third-order valence-electron chi connectivity index (χ3n) is 5.44. The number of unbranched alkanes of at least 4 members (excludes halogenated alkanes) is 1. The molecular formula is C25H31N3O4. The number of pyridine rings is 1. The lowest BCUT2D eigenvalue weighted by Gasteiger charge is -2.26. The van der Waals surface area contributed by atoms with E-state index < -0.39 is 17.7 Å². The van der Waals surface area contributed by atoms with E-state index in [1.165, 1.54) is 0 Å². The summed E-state index contributed by atoms with van der Waals surface area (Å²) in [5, 5.41) is 11.0. The lowest BCUT2D eigenvalue weighted by Crippen LogP contribution is -2.32. The highest BCUT2D eigenvalue weighted by Crippen LogP contribution is 2.40. The Hall–Kier alpha value is -3.19. The van der Waals surface area contributed by atoms with Crippen LogP contribution >= 0.6 is 0 Å². The number of hydrogen-bond donors (Lipinski definition) is 1. The molecule has 1 amide bonds. The maximum absolute atomic E-state index is 13.0. The minimum absolute atomic E-state index is 0.0942. The molecule has 1 N–H and O–H groups in total. The lowest BCUT2D eigenvalue weighted by atomic mass is 9.95. The molecule has 1 aliphatic rings. The highest BCUT2D eigenvalue weighted by molar-refractivity contribution is 6.46. The molecular weight excluding hydrogens is 406 g/mol. The van der Waals surface area contributed by atoms with Gasteiger partial charge in [0.15, 0.2) is 0 Å². The van der Waals surface area contributed by atoms with Gasteiger partial charge in [0.05, 0.1) is 18.2 Å². The Kier molecular flexibility index (Phi) is 8.00. The molecule has 0 spiro atoms. The van der Waals surface area contributed by atoms with Gasteiger partial charge in [0, 0.05) is 24.5 Å². The Bertz CT molecular complexity index is 972. The van der Waals surface area contributed by atoms with E-state index in [9.17, 15) is 14.7 Å². The summed E-state index contributed by atoms with van der Waals surface area (Å²) in [5.74, 6) is -0.782. The molecule has 32 heavy (non-hydrogen) atoms. The SMILES string of the molecule is CCCCOc1cccc(C2/C(=C(\O)c3ccncc3)C(=O)C(=O)N2CCCN(C)C)c1. The topological polar surface area (TPSA) is 83.0 Å². The molecule has 1 unspecified atom stereocenters. The maximum Gasteiger partial charge on any atom is 0.295 e. The second-order valence-electron chi connectivity index (χ2n) is 8.16. The molecule has 2 heterocycles. The van der Waals surface area contributed by atoms with Gasteiger partial charge in [-0.3, -0.25) is 14.6 Å². The van der Waals surface area contributed by atoms with Gasteiger partial charge in [-0.1, -0.05) is 25.5 Å². The van der Waals surface area contributed by atoms with E-state index in [2.05, 4.69) is 11.9 Å². The summed E-state index contributed by atoms with van der Waals surface area (Å²) in [6.45, 7) is 3.88. The summed E-state index contributed by atoms with van der Waals surface area (Å²) >= 11 is 0. The number of carbonyl (C=O) groups is 2. The summed E-state index contributed by atoms with van der Waals surface area (Å²) in [5.41, 5.74) is 1.28. The van der Waals surface area contributed by atoms with Crippen LogP contribution in [0.25, 0.3) is 5.76 Å². The fourth-order valence-corrected chi connectivity index (χ4v) is 3.79. The number of rotatable bonds is 10. The van der Waals surface area contributed by atoms with Gasteiger partial charge in [-0.15, -0.1) is 0 Å². The van der Waals surface area contributed by atoms with Gasteiger partial charge in [-0.05, 0) is 63.3 Å². The second kappa shape index (κ2) is 10.9. The smallest absolute Gasteiger partial charge is 0.295 e. The number of aliphatic hydroxyl groups is 1. The van der Waals surface area contributed by atoms with E-state index in [0.29, 0.717) is 30.9 Å². The molecule has 0 bridgehead atoms. The number of aromatic nitrogens is 1. The molecule has 0 aliphatic carbocycles. The first-order valence-electron chi connectivity index (χ1n) is 11.0. The Balaban J connectivity index is 2.03. The highest BCUT2D eigenvalue weighted by Gasteiger charge is 2.45. The molecule has 7 heteroatoms. The van der Waals surface area contributed by atoms with Crippen LogP contribution in [0, 0.1) is 0 Å². The van der Waals surface area contributed by atoms with Crippen LogP contribution in [0.4, 0.5) is 0 Å². The fraction of sp³-hybridized carbons (Fsp3) is 0.400. The molecule has 1 aliphatic heterocycles. The Labute approximate surface area is 189 Å². The number of aliphatic hydroxyl groups excluding tert-OH is 1. The first kappa shape index (κ1) is 23.5. The average molecular weight is 438 g/mol. The van der Waals surface area contributed by atoms with Crippen molar-refractivity contribution in [2.24, 2.45) is 0 Å².